The SMILES string of the molecule is CC(C)=CCNc1cc(C)nc2ccc(N)cc12. The first kappa shape index (κ1) is 12.4. The Morgan fingerprint density at radius 1 is 1.33 bits per heavy atom. The summed E-state index contributed by atoms with van der Waals surface area (Å²) in [4.78, 5) is 4.51. The Hall–Kier alpha value is -2.03. The summed E-state index contributed by atoms with van der Waals surface area (Å²) in [6, 6.07) is 7.87. The molecule has 2 aromatic rings. The van der Waals surface area contributed by atoms with E-state index in [4.69, 9.17) is 5.73 Å². The first-order valence-corrected chi connectivity index (χ1v) is 6.10. The maximum Gasteiger partial charge on any atom is 0.0727 e. The Kier molecular flexibility index (Phi) is 3.51. The lowest BCUT2D eigenvalue weighted by Gasteiger charge is -2.10. The topological polar surface area (TPSA) is 50.9 Å². The van der Waals surface area contributed by atoms with E-state index in [2.05, 4.69) is 36.3 Å². The molecule has 3 heteroatoms. The molecule has 0 saturated heterocycles. The van der Waals surface area contributed by atoms with Crippen LogP contribution in [0.4, 0.5) is 11.4 Å². The van der Waals surface area contributed by atoms with Crippen LogP contribution in [0.25, 0.3) is 10.9 Å². The Balaban J connectivity index is 2.41. The number of pyridine rings is 1. The van der Waals surface area contributed by atoms with Gasteiger partial charge in [-0.1, -0.05) is 11.6 Å². The molecule has 0 bridgehead atoms. The largest absolute Gasteiger partial charge is 0.399 e. The summed E-state index contributed by atoms with van der Waals surface area (Å²) in [5.74, 6) is 0. The van der Waals surface area contributed by atoms with Crippen LogP contribution >= 0.6 is 0 Å². The molecule has 3 N–H and O–H groups in total. The van der Waals surface area contributed by atoms with Gasteiger partial charge in [0.1, 0.15) is 0 Å². The molecule has 0 spiro atoms. The number of fused-ring (bicyclic) bond motifs is 1. The van der Waals surface area contributed by atoms with Crippen molar-refractivity contribution in [3.8, 4) is 0 Å². The second-order valence-corrected chi connectivity index (χ2v) is 4.75. The van der Waals surface area contributed by atoms with E-state index in [1.54, 1.807) is 0 Å². The molecule has 2 rings (SSSR count). The van der Waals surface area contributed by atoms with Crippen molar-refractivity contribution >= 4 is 22.3 Å². The highest BCUT2D eigenvalue weighted by molar-refractivity contribution is 5.93. The van der Waals surface area contributed by atoms with Crippen molar-refractivity contribution in [1.29, 1.82) is 0 Å². The Morgan fingerprint density at radius 2 is 2.11 bits per heavy atom. The summed E-state index contributed by atoms with van der Waals surface area (Å²) in [5.41, 5.74) is 11.0. The highest BCUT2D eigenvalue weighted by Crippen LogP contribution is 2.25. The summed E-state index contributed by atoms with van der Waals surface area (Å²) >= 11 is 0. The monoisotopic (exact) mass is 241 g/mol. The molecule has 1 aromatic heterocycles. The van der Waals surface area contributed by atoms with Crippen molar-refractivity contribution in [3.05, 3.63) is 41.6 Å². The zero-order valence-electron chi connectivity index (χ0n) is 11.1. The summed E-state index contributed by atoms with van der Waals surface area (Å²) in [7, 11) is 0. The molecule has 1 aromatic carbocycles. The van der Waals surface area contributed by atoms with Crippen LogP contribution in [0.15, 0.2) is 35.9 Å². The molecule has 1 heterocycles. The van der Waals surface area contributed by atoms with Gasteiger partial charge in [-0.2, -0.15) is 0 Å². The number of aromatic nitrogens is 1. The van der Waals surface area contributed by atoms with E-state index in [0.717, 1.165) is 34.5 Å². The number of nitrogens with one attached hydrogen (secondary N) is 1. The molecule has 0 saturated carbocycles. The maximum absolute atomic E-state index is 5.84. The van der Waals surface area contributed by atoms with Crippen LogP contribution in [-0.2, 0) is 0 Å². The first-order valence-electron chi connectivity index (χ1n) is 6.10. The fourth-order valence-corrected chi connectivity index (χ4v) is 1.89. The van der Waals surface area contributed by atoms with Crippen molar-refractivity contribution in [3.63, 3.8) is 0 Å². The van der Waals surface area contributed by atoms with Crippen LogP contribution in [0.2, 0.25) is 0 Å². The summed E-state index contributed by atoms with van der Waals surface area (Å²) in [5, 5.41) is 4.49. The maximum atomic E-state index is 5.84. The number of hydrogen-bond donors (Lipinski definition) is 2. The zero-order chi connectivity index (χ0) is 13.1. The highest BCUT2D eigenvalue weighted by Gasteiger charge is 2.03. The van der Waals surface area contributed by atoms with E-state index in [1.165, 1.54) is 5.57 Å². The fourth-order valence-electron chi connectivity index (χ4n) is 1.89. The van der Waals surface area contributed by atoms with Crippen molar-refractivity contribution < 1.29 is 0 Å². The third-order valence-electron chi connectivity index (χ3n) is 2.76. The molecule has 0 fully saturated rings. The van der Waals surface area contributed by atoms with Crippen LogP contribution in [0.5, 0.6) is 0 Å². The van der Waals surface area contributed by atoms with Crippen LogP contribution in [0.1, 0.15) is 19.5 Å². The number of allylic oxidation sites excluding steroid dienone is 1. The van der Waals surface area contributed by atoms with Crippen molar-refractivity contribution in [2.75, 3.05) is 17.6 Å². The first-order chi connectivity index (χ1) is 8.56. The molecule has 0 unspecified atom stereocenters. The summed E-state index contributed by atoms with van der Waals surface area (Å²) in [6.45, 7) is 7.00. The van der Waals surface area contributed by atoms with Crippen molar-refractivity contribution in [2.24, 2.45) is 0 Å². The molecule has 0 aliphatic carbocycles. The predicted molar refractivity (Wildman–Crippen MR) is 78.8 cm³/mol. The summed E-state index contributed by atoms with van der Waals surface area (Å²) < 4.78 is 0. The zero-order valence-corrected chi connectivity index (χ0v) is 11.1. The quantitative estimate of drug-likeness (QED) is 0.638. The number of nitrogens with zero attached hydrogens (tertiary/aromatic N) is 1. The van der Waals surface area contributed by atoms with Crippen LogP contribution in [0, 0.1) is 6.92 Å². The number of hydrogen-bond acceptors (Lipinski definition) is 3. The Labute approximate surface area is 108 Å². The second-order valence-electron chi connectivity index (χ2n) is 4.75. The van der Waals surface area contributed by atoms with E-state index < -0.39 is 0 Å². The van der Waals surface area contributed by atoms with Gasteiger partial charge in [0.25, 0.3) is 0 Å². The molecule has 18 heavy (non-hydrogen) atoms. The van der Waals surface area contributed by atoms with Crippen molar-refractivity contribution in [2.45, 2.75) is 20.8 Å². The normalized spacial score (nSPS) is 10.4. The molecule has 0 aliphatic heterocycles. The lowest BCUT2D eigenvalue weighted by atomic mass is 10.1. The van der Waals surface area contributed by atoms with E-state index in [-0.39, 0.29) is 0 Å². The molecule has 0 radical (unpaired) electrons. The van der Waals surface area contributed by atoms with Gasteiger partial charge in [-0.05, 0) is 45.0 Å². The molecule has 0 aliphatic rings. The number of benzene rings is 1. The standard InChI is InChI=1S/C15H19N3/c1-10(2)6-7-17-15-8-11(3)18-14-5-4-12(16)9-13(14)15/h4-6,8-9H,7,16H2,1-3H3,(H,17,18). The van der Waals surface area contributed by atoms with E-state index in [1.807, 2.05) is 25.1 Å². The predicted octanol–water partition coefficient (Wildman–Crippen LogP) is 3.50. The van der Waals surface area contributed by atoms with Crippen molar-refractivity contribution in [1.82, 2.24) is 4.98 Å². The third kappa shape index (κ3) is 2.80. The Morgan fingerprint density at radius 3 is 2.83 bits per heavy atom. The van der Waals surface area contributed by atoms with Gasteiger partial charge in [-0.25, -0.2) is 0 Å². The van der Waals surface area contributed by atoms with Crippen LogP contribution < -0.4 is 11.1 Å². The van der Waals surface area contributed by atoms with Gasteiger partial charge in [0, 0.05) is 29.0 Å². The average Bonchev–Trinajstić information content (AvgIpc) is 2.29. The van der Waals surface area contributed by atoms with E-state index in [9.17, 15) is 0 Å². The van der Waals surface area contributed by atoms with Crippen LogP contribution in [-0.4, -0.2) is 11.5 Å². The third-order valence-corrected chi connectivity index (χ3v) is 2.76. The molecule has 0 amide bonds. The van der Waals surface area contributed by atoms with E-state index >= 15 is 0 Å². The average molecular weight is 241 g/mol. The molecule has 0 atom stereocenters. The van der Waals surface area contributed by atoms with Gasteiger partial charge in [0.05, 0.1) is 5.52 Å². The van der Waals surface area contributed by atoms with Gasteiger partial charge in [0.15, 0.2) is 0 Å². The molecule has 3 nitrogen and oxygen atoms in total. The lowest BCUT2D eigenvalue weighted by Crippen LogP contribution is -2.01. The molecular weight excluding hydrogens is 222 g/mol. The minimum atomic E-state index is 0.762. The van der Waals surface area contributed by atoms with Gasteiger partial charge >= 0.3 is 0 Å². The number of nitrogen functional groups attached to an aromatic ring is 1. The number of rotatable bonds is 3. The number of nitrogens with two attached hydrogens (primary N) is 1. The lowest BCUT2D eigenvalue weighted by molar-refractivity contribution is 1.23. The second kappa shape index (κ2) is 5.08. The highest BCUT2D eigenvalue weighted by atomic mass is 14.9. The molecule has 94 valence electrons. The minimum Gasteiger partial charge on any atom is -0.399 e. The number of aryl methyl sites for hydroxylation is 1. The fraction of sp³-hybridized carbons (Fsp3) is 0.267. The molecular formula is C15H19N3. The smallest absolute Gasteiger partial charge is 0.0727 e. The Bertz CT molecular complexity index is 596. The van der Waals surface area contributed by atoms with E-state index in [0.29, 0.717) is 0 Å². The van der Waals surface area contributed by atoms with Gasteiger partial charge in [-0.15, -0.1) is 0 Å². The van der Waals surface area contributed by atoms with Gasteiger partial charge in [0.2, 0.25) is 0 Å². The van der Waals surface area contributed by atoms with Crippen LogP contribution in [0.3, 0.4) is 0 Å². The number of anilines is 2. The van der Waals surface area contributed by atoms with Gasteiger partial charge < -0.3 is 11.1 Å². The van der Waals surface area contributed by atoms with Gasteiger partial charge in [-0.3, -0.25) is 4.98 Å². The minimum absolute atomic E-state index is 0.762. The summed E-state index contributed by atoms with van der Waals surface area (Å²) in [6.07, 6.45) is 2.16.